The molecule has 1 aliphatic heterocycles. The molecule has 8 heteroatoms. The molecule has 0 spiro atoms. The van der Waals surface area contributed by atoms with E-state index in [4.69, 9.17) is 11.6 Å². The van der Waals surface area contributed by atoms with Crippen molar-refractivity contribution in [2.45, 2.75) is 31.2 Å². The van der Waals surface area contributed by atoms with Crippen LogP contribution in [0.3, 0.4) is 0 Å². The highest BCUT2D eigenvalue weighted by Gasteiger charge is 2.20. The van der Waals surface area contributed by atoms with Crippen molar-refractivity contribution in [3.05, 3.63) is 88.4 Å². The van der Waals surface area contributed by atoms with Gasteiger partial charge in [-0.25, -0.2) is 8.42 Å². The molecule has 1 aliphatic rings. The number of carbonyl (C=O) groups is 1. The maximum atomic E-state index is 12.9. The molecule has 0 bridgehead atoms. The Morgan fingerprint density at radius 1 is 1.00 bits per heavy atom. The van der Waals surface area contributed by atoms with Crippen LogP contribution in [0, 0.1) is 6.92 Å². The Bertz CT molecular complexity index is 1250. The van der Waals surface area contributed by atoms with Crippen LogP contribution in [0.25, 0.3) is 0 Å². The number of hydrogen-bond donors (Lipinski definition) is 2. The summed E-state index contributed by atoms with van der Waals surface area (Å²) in [5, 5.41) is 2.89. The summed E-state index contributed by atoms with van der Waals surface area (Å²) >= 11 is 6.17. The maximum absolute atomic E-state index is 12.9. The van der Waals surface area contributed by atoms with Crippen molar-refractivity contribution in [1.29, 1.82) is 0 Å². The lowest BCUT2D eigenvalue weighted by Crippen LogP contribution is -2.23. The van der Waals surface area contributed by atoms with Crippen LogP contribution in [0.1, 0.15) is 34.3 Å². The summed E-state index contributed by atoms with van der Waals surface area (Å²) in [6.45, 7) is 4.37. The minimum Gasteiger partial charge on any atom is -0.372 e. The zero-order valence-electron chi connectivity index (χ0n) is 18.3. The molecule has 0 aromatic heterocycles. The fourth-order valence-corrected chi connectivity index (χ4v) is 5.43. The van der Waals surface area contributed by atoms with E-state index >= 15 is 0 Å². The van der Waals surface area contributed by atoms with Gasteiger partial charge < -0.3 is 10.2 Å². The number of nitrogens with one attached hydrogen (secondary N) is 2. The second-order valence-electron chi connectivity index (χ2n) is 8.16. The quantitative estimate of drug-likeness (QED) is 0.496. The zero-order valence-corrected chi connectivity index (χ0v) is 19.9. The monoisotopic (exact) mass is 483 g/mol. The molecule has 3 aromatic carbocycles. The van der Waals surface area contributed by atoms with E-state index in [9.17, 15) is 13.2 Å². The van der Waals surface area contributed by atoms with E-state index in [2.05, 4.69) is 27.1 Å². The van der Waals surface area contributed by atoms with Crippen molar-refractivity contribution in [1.82, 2.24) is 5.32 Å². The molecule has 172 valence electrons. The van der Waals surface area contributed by atoms with Crippen LogP contribution in [-0.4, -0.2) is 27.4 Å². The molecule has 2 N–H and O–H groups in total. The van der Waals surface area contributed by atoms with Crippen molar-refractivity contribution in [3.8, 4) is 0 Å². The largest absolute Gasteiger partial charge is 0.372 e. The van der Waals surface area contributed by atoms with Gasteiger partial charge in [0.2, 0.25) is 0 Å². The summed E-state index contributed by atoms with van der Waals surface area (Å²) in [6.07, 6.45) is 2.44. The summed E-state index contributed by atoms with van der Waals surface area (Å²) in [7, 11) is -3.96. The molecule has 0 aliphatic carbocycles. The van der Waals surface area contributed by atoms with Crippen LogP contribution < -0.4 is 14.9 Å². The lowest BCUT2D eigenvalue weighted by Gasteiger charge is -2.17. The maximum Gasteiger partial charge on any atom is 0.263 e. The normalized spacial score (nSPS) is 13.7. The summed E-state index contributed by atoms with van der Waals surface area (Å²) in [5.41, 5.74) is 3.73. The zero-order chi connectivity index (χ0) is 23.4. The number of aryl methyl sites for hydroxylation is 1. The molecule has 6 nitrogen and oxygen atoms in total. The number of amides is 1. The second-order valence-corrected chi connectivity index (χ2v) is 10.2. The van der Waals surface area contributed by atoms with E-state index in [1.807, 2.05) is 25.1 Å². The first-order valence-electron chi connectivity index (χ1n) is 10.8. The molecule has 1 fully saturated rings. The Balaban J connectivity index is 1.44. The number of nitrogens with zero attached hydrogens (tertiary/aromatic N) is 1. The van der Waals surface area contributed by atoms with E-state index in [-0.39, 0.29) is 21.4 Å². The number of rotatable bonds is 7. The standard InChI is InChI=1S/C25H26ClN3O3S/c1-18-5-4-6-21(15-18)28-33(31,32)24-16-20(9-12-23(24)26)25(30)27-17-19-7-10-22(11-8-19)29-13-2-3-14-29/h4-12,15-16,28H,2-3,13-14,17H2,1H3,(H,27,30). The molecular weight excluding hydrogens is 458 g/mol. The fraction of sp³-hybridized carbons (Fsp3) is 0.240. The third kappa shape index (κ3) is 5.67. The molecule has 0 radical (unpaired) electrons. The third-order valence-electron chi connectivity index (χ3n) is 5.61. The highest BCUT2D eigenvalue weighted by atomic mass is 35.5. The number of anilines is 2. The Morgan fingerprint density at radius 2 is 1.73 bits per heavy atom. The topological polar surface area (TPSA) is 78.5 Å². The molecular formula is C25H26ClN3O3S. The third-order valence-corrected chi connectivity index (χ3v) is 7.48. The number of hydrogen-bond acceptors (Lipinski definition) is 4. The van der Waals surface area contributed by atoms with E-state index < -0.39 is 10.0 Å². The first-order valence-corrected chi connectivity index (χ1v) is 12.7. The lowest BCUT2D eigenvalue weighted by atomic mass is 10.1. The van der Waals surface area contributed by atoms with Gasteiger partial charge in [0, 0.05) is 36.6 Å². The fourth-order valence-electron chi connectivity index (χ4n) is 3.85. The van der Waals surface area contributed by atoms with Gasteiger partial charge in [0.25, 0.3) is 15.9 Å². The number of halogens is 1. The Kier molecular flexibility index (Phi) is 6.91. The number of benzene rings is 3. The van der Waals surface area contributed by atoms with Crippen LogP contribution in [-0.2, 0) is 16.6 Å². The SMILES string of the molecule is Cc1cccc(NS(=O)(=O)c2cc(C(=O)NCc3ccc(N4CCCC4)cc3)ccc2Cl)c1. The number of carbonyl (C=O) groups excluding carboxylic acids is 1. The molecule has 33 heavy (non-hydrogen) atoms. The Hall–Kier alpha value is -3.03. The molecule has 0 saturated carbocycles. The smallest absolute Gasteiger partial charge is 0.263 e. The van der Waals surface area contributed by atoms with Crippen LogP contribution in [0.15, 0.2) is 71.6 Å². The lowest BCUT2D eigenvalue weighted by molar-refractivity contribution is 0.0950. The summed E-state index contributed by atoms with van der Waals surface area (Å²) < 4.78 is 28.3. The number of sulfonamides is 1. The van der Waals surface area contributed by atoms with E-state index in [1.165, 1.54) is 36.7 Å². The highest BCUT2D eigenvalue weighted by molar-refractivity contribution is 7.92. The molecule has 1 amide bonds. The molecule has 1 saturated heterocycles. The van der Waals surface area contributed by atoms with Crippen molar-refractivity contribution >= 4 is 38.9 Å². The van der Waals surface area contributed by atoms with Gasteiger partial charge in [-0.2, -0.15) is 0 Å². The van der Waals surface area contributed by atoms with E-state index in [1.54, 1.807) is 18.2 Å². The van der Waals surface area contributed by atoms with E-state index in [0.29, 0.717) is 12.2 Å². The van der Waals surface area contributed by atoms with Crippen LogP contribution in [0.5, 0.6) is 0 Å². The minimum absolute atomic E-state index is 0.0456. The average molecular weight is 484 g/mol. The summed E-state index contributed by atoms with van der Waals surface area (Å²) in [5.74, 6) is -0.373. The minimum atomic E-state index is -3.96. The first-order chi connectivity index (χ1) is 15.8. The summed E-state index contributed by atoms with van der Waals surface area (Å²) in [4.78, 5) is 14.9. The van der Waals surface area contributed by atoms with Gasteiger partial charge in [0.15, 0.2) is 0 Å². The molecule has 0 unspecified atom stereocenters. The highest BCUT2D eigenvalue weighted by Crippen LogP contribution is 2.26. The molecule has 3 aromatic rings. The summed E-state index contributed by atoms with van der Waals surface area (Å²) in [6, 6.07) is 19.4. The second kappa shape index (κ2) is 9.85. The van der Waals surface area contributed by atoms with Gasteiger partial charge >= 0.3 is 0 Å². The Labute approximate surface area is 199 Å². The van der Waals surface area contributed by atoms with Gasteiger partial charge in [-0.15, -0.1) is 0 Å². The predicted molar refractivity (Wildman–Crippen MR) is 132 cm³/mol. The van der Waals surface area contributed by atoms with Gasteiger partial charge in [-0.05, 0) is 73.4 Å². The van der Waals surface area contributed by atoms with Crippen LogP contribution in [0.4, 0.5) is 11.4 Å². The van der Waals surface area contributed by atoms with Gasteiger partial charge in [-0.3, -0.25) is 9.52 Å². The first kappa shape index (κ1) is 23.1. The van der Waals surface area contributed by atoms with Crippen LogP contribution in [0.2, 0.25) is 5.02 Å². The van der Waals surface area contributed by atoms with Crippen molar-refractivity contribution in [2.75, 3.05) is 22.7 Å². The van der Waals surface area contributed by atoms with Gasteiger partial charge in [0.1, 0.15) is 4.90 Å². The van der Waals surface area contributed by atoms with Crippen LogP contribution >= 0.6 is 11.6 Å². The van der Waals surface area contributed by atoms with Crippen molar-refractivity contribution < 1.29 is 13.2 Å². The molecule has 1 heterocycles. The average Bonchev–Trinajstić information content (AvgIpc) is 3.33. The molecule has 0 atom stereocenters. The van der Waals surface area contributed by atoms with Gasteiger partial charge in [0.05, 0.1) is 5.02 Å². The van der Waals surface area contributed by atoms with Gasteiger partial charge in [-0.1, -0.05) is 35.9 Å². The predicted octanol–water partition coefficient (Wildman–Crippen LogP) is 4.98. The Morgan fingerprint density at radius 3 is 2.42 bits per heavy atom. The van der Waals surface area contributed by atoms with Crippen molar-refractivity contribution in [3.63, 3.8) is 0 Å². The molecule has 4 rings (SSSR count). The van der Waals surface area contributed by atoms with E-state index in [0.717, 1.165) is 24.2 Å². The van der Waals surface area contributed by atoms with Crippen molar-refractivity contribution in [2.24, 2.45) is 0 Å².